The maximum Gasteiger partial charge on any atom is 0.349 e. The Bertz CT molecular complexity index is 1120. The van der Waals surface area contributed by atoms with Gasteiger partial charge in [0.05, 0.1) is 7.11 Å². The van der Waals surface area contributed by atoms with E-state index in [1.807, 2.05) is 19.1 Å². The van der Waals surface area contributed by atoms with Crippen LogP contribution in [0.2, 0.25) is 0 Å². The average Bonchev–Trinajstić information content (AvgIpc) is 2.80. The topological polar surface area (TPSA) is 73.9 Å². The van der Waals surface area contributed by atoms with Crippen molar-refractivity contribution in [3.63, 3.8) is 0 Å². The lowest BCUT2D eigenvalue weighted by atomic mass is 10.0. The third-order valence-electron chi connectivity index (χ3n) is 4.95. The zero-order valence-corrected chi connectivity index (χ0v) is 20.6. The lowest BCUT2D eigenvalue weighted by Crippen LogP contribution is -2.18. The van der Waals surface area contributed by atoms with Gasteiger partial charge in [-0.3, -0.25) is 4.79 Å². The number of amides is 1. The highest BCUT2D eigenvalue weighted by molar-refractivity contribution is 9.10. The molecule has 0 radical (unpaired) electrons. The molecule has 1 N–H and O–H groups in total. The Morgan fingerprint density at radius 3 is 2.21 bits per heavy atom. The predicted molar refractivity (Wildman–Crippen MR) is 131 cm³/mol. The number of carbonyl (C=O) groups excluding carboxylic acids is 2. The number of ether oxygens (including phenoxy) is 3. The number of carbonyl (C=O) groups is 2. The Labute approximate surface area is 202 Å². The largest absolute Gasteiger partial charge is 0.497 e. The summed E-state index contributed by atoms with van der Waals surface area (Å²) in [5.41, 5.74) is 3.12. The van der Waals surface area contributed by atoms with Crippen LogP contribution in [0, 0.1) is 6.92 Å². The number of nitrogens with one attached hydrogen (secondary N) is 1. The summed E-state index contributed by atoms with van der Waals surface area (Å²) in [6.07, 6.45) is 0. The van der Waals surface area contributed by atoms with Crippen molar-refractivity contribution in [2.75, 3.05) is 19.0 Å². The lowest BCUT2D eigenvalue weighted by Gasteiger charge is -2.15. The number of anilines is 1. The molecule has 1 amide bonds. The van der Waals surface area contributed by atoms with Crippen molar-refractivity contribution in [3.05, 3.63) is 81.8 Å². The van der Waals surface area contributed by atoms with Crippen LogP contribution in [0.25, 0.3) is 0 Å². The zero-order valence-electron chi connectivity index (χ0n) is 19.0. The summed E-state index contributed by atoms with van der Waals surface area (Å²) in [6.45, 7) is 5.87. The average molecular weight is 512 g/mol. The fourth-order valence-electron chi connectivity index (χ4n) is 3.10. The first kappa shape index (κ1) is 24.3. The smallest absolute Gasteiger partial charge is 0.349 e. The summed E-state index contributed by atoms with van der Waals surface area (Å²) in [4.78, 5) is 24.7. The van der Waals surface area contributed by atoms with E-state index in [1.165, 1.54) is 0 Å². The SMILES string of the molecule is COc1ccc(NC(=O)c2ccc(OC(=O)COc3cc(C)c(Br)cc3C(C)C)cc2)cc1. The quantitative estimate of drug-likeness (QED) is 0.291. The van der Waals surface area contributed by atoms with E-state index in [0.717, 1.165) is 15.6 Å². The molecule has 6 nitrogen and oxygen atoms in total. The summed E-state index contributed by atoms with van der Waals surface area (Å²) < 4.78 is 17.2. The van der Waals surface area contributed by atoms with Crippen molar-refractivity contribution in [1.29, 1.82) is 0 Å². The highest BCUT2D eigenvalue weighted by Crippen LogP contribution is 2.32. The van der Waals surface area contributed by atoms with E-state index in [1.54, 1.807) is 55.6 Å². The lowest BCUT2D eigenvalue weighted by molar-refractivity contribution is -0.136. The van der Waals surface area contributed by atoms with E-state index < -0.39 is 5.97 Å². The normalized spacial score (nSPS) is 10.6. The molecule has 0 aromatic heterocycles. The molecule has 0 bridgehead atoms. The van der Waals surface area contributed by atoms with Crippen LogP contribution in [0.1, 0.15) is 41.3 Å². The van der Waals surface area contributed by atoms with Crippen LogP contribution in [0.5, 0.6) is 17.2 Å². The Morgan fingerprint density at radius 2 is 1.61 bits per heavy atom. The minimum Gasteiger partial charge on any atom is -0.497 e. The van der Waals surface area contributed by atoms with E-state index >= 15 is 0 Å². The molecule has 0 spiro atoms. The molecule has 0 unspecified atom stereocenters. The number of hydrogen-bond donors (Lipinski definition) is 1. The Morgan fingerprint density at radius 1 is 0.970 bits per heavy atom. The number of methoxy groups -OCH3 is 1. The third-order valence-corrected chi connectivity index (χ3v) is 5.81. The minimum absolute atomic E-state index is 0.222. The van der Waals surface area contributed by atoms with E-state index in [-0.39, 0.29) is 18.4 Å². The van der Waals surface area contributed by atoms with Crippen LogP contribution in [0.15, 0.2) is 65.1 Å². The Balaban J connectivity index is 1.57. The van der Waals surface area contributed by atoms with Crippen LogP contribution in [0.3, 0.4) is 0 Å². The number of esters is 1. The van der Waals surface area contributed by atoms with Gasteiger partial charge in [-0.1, -0.05) is 29.8 Å². The first-order chi connectivity index (χ1) is 15.8. The molecule has 0 aliphatic carbocycles. The number of benzene rings is 3. The zero-order chi connectivity index (χ0) is 24.0. The Kier molecular flexibility index (Phi) is 8.11. The van der Waals surface area contributed by atoms with Crippen molar-refractivity contribution in [2.45, 2.75) is 26.7 Å². The molecular weight excluding hydrogens is 486 g/mol. The monoisotopic (exact) mass is 511 g/mol. The second-order valence-electron chi connectivity index (χ2n) is 7.76. The van der Waals surface area contributed by atoms with Gasteiger partial charge < -0.3 is 19.5 Å². The summed E-state index contributed by atoms with van der Waals surface area (Å²) in [5, 5.41) is 2.81. The summed E-state index contributed by atoms with van der Waals surface area (Å²) in [6, 6.07) is 17.3. The molecule has 33 heavy (non-hydrogen) atoms. The molecule has 0 heterocycles. The van der Waals surface area contributed by atoms with Crippen molar-refractivity contribution < 1.29 is 23.8 Å². The summed E-state index contributed by atoms with van der Waals surface area (Å²) >= 11 is 3.53. The molecule has 0 saturated carbocycles. The number of halogens is 1. The van der Waals surface area contributed by atoms with Crippen molar-refractivity contribution >= 4 is 33.5 Å². The van der Waals surface area contributed by atoms with Crippen molar-refractivity contribution in [3.8, 4) is 17.2 Å². The molecule has 0 saturated heterocycles. The van der Waals surface area contributed by atoms with E-state index in [4.69, 9.17) is 14.2 Å². The predicted octanol–water partition coefficient (Wildman–Crippen LogP) is 6.13. The van der Waals surface area contributed by atoms with Gasteiger partial charge in [0, 0.05) is 15.7 Å². The van der Waals surface area contributed by atoms with Crippen LogP contribution in [0.4, 0.5) is 5.69 Å². The second-order valence-corrected chi connectivity index (χ2v) is 8.62. The standard InChI is InChI=1S/C26H26BrNO5/c1-16(2)22-14-23(27)17(3)13-24(22)32-15-25(29)33-21-9-5-18(6-10-21)26(30)28-19-7-11-20(31-4)12-8-19/h5-14,16H,15H2,1-4H3,(H,28,30). The van der Waals surface area contributed by atoms with Gasteiger partial charge >= 0.3 is 5.97 Å². The molecule has 3 aromatic rings. The van der Waals surface area contributed by atoms with Crippen LogP contribution in [-0.2, 0) is 4.79 Å². The van der Waals surface area contributed by atoms with Crippen LogP contribution >= 0.6 is 15.9 Å². The number of hydrogen-bond acceptors (Lipinski definition) is 5. The van der Waals surface area contributed by atoms with Gasteiger partial charge in [0.2, 0.25) is 0 Å². The van der Waals surface area contributed by atoms with Gasteiger partial charge in [0.15, 0.2) is 6.61 Å². The van der Waals surface area contributed by atoms with Crippen molar-refractivity contribution in [2.24, 2.45) is 0 Å². The maximum absolute atomic E-state index is 12.4. The molecule has 0 fully saturated rings. The maximum atomic E-state index is 12.4. The molecule has 3 aromatic carbocycles. The molecular formula is C26H26BrNO5. The van der Waals surface area contributed by atoms with E-state index in [9.17, 15) is 9.59 Å². The highest BCUT2D eigenvalue weighted by atomic mass is 79.9. The first-order valence-corrected chi connectivity index (χ1v) is 11.2. The molecule has 0 atom stereocenters. The number of aryl methyl sites for hydroxylation is 1. The molecule has 0 aliphatic rings. The summed E-state index contributed by atoms with van der Waals surface area (Å²) in [5.74, 6) is 1.14. The van der Waals surface area contributed by atoms with Crippen LogP contribution < -0.4 is 19.5 Å². The number of rotatable bonds is 8. The van der Waals surface area contributed by atoms with Crippen molar-refractivity contribution in [1.82, 2.24) is 0 Å². The summed E-state index contributed by atoms with van der Waals surface area (Å²) in [7, 11) is 1.58. The van der Waals surface area contributed by atoms with Gasteiger partial charge in [0.1, 0.15) is 17.2 Å². The van der Waals surface area contributed by atoms with Gasteiger partial charge in [-0.15, -0.1) is 0 Å². The van der Waals surface area contributed by atoms with Gasteiger partial charge in [-0.25, -0.2) is 4.79 Å². The molecule has 0 aliphatic heterocycles. The Hall–Kier alpha value is -3.32. The van der Waals surface area contributed by atoms with Gasteiger partial charge in [0.25, 0.3) is 5.91 Å². The molecule has 3 rings (SSSR count). The fourth-order valence-corrected chi connectivity index (χ4v) is 3.46. The van der Waals surface area contributed by atoms with Crippen LogP contribution in [-0.4, -0.2) is 25.6 Å². The highest BCUT2D eigenvalue weighted by Gasteiger charge is 2.14. The fraction of sp³-hybridized carbons (Fsp3) is 0.231. The van der Waals surface area contributed by atoms with Gasteiger partial charge in [-0.05, 0) is 84.6 Å². The second kappa shape index (κ2) is 11.0. The third kappa shape index (κ3) is 6.58. The first-order valence-electron chi connectivity index (χ1n) is 10.5. The minimum atomic E-state index is -0.527. The van der Waals surface area contributed by atoms with E-state index in [2.05, 4.69) is 35.1 Å². The molecule has 7 heteroatoms. The molecule has 172 valence electrons. The van der Waals surface area contributed by atoms with Gasteiger partial charge in [-0.2, -0.15) is 0 Å². The van der Waals surface area contributed by atoms with E-state index in [0.29, 0.717) is 28.5 Å².